The van der Waals surface area contributed by atoms with Crippen molar-refractivity contribution < 1.29 is 0 Å². The van der Waals surface area contributed by atoms with E-state index in [1.54, 1.807) is 0 Å². The van der Waals surface area contributed by atoms with Crippen LogP contribution >= 0.6 is 27.7 Å². The minimum Gasteiger partial charge on any atom is -0.291 e. The van der Waals surface area contributed by atoms with Crippen LogP contribution in [0.1, 0.15) is 19.8 Å². The van der Waals surface area contributed by atoms with Crippen molar-refractivity contribution in [1.29, 1.82) is 0 Å². The molecular formula is C12H16BrNS. The quantitative estimate of drug-likeness (QED) is 0.826. The molecule has 1 aliphatic rings. The summed E-state index contributed by atoms with van der Waals surface area (Å²) in [6.45, 7) is 4.69. The van der Waals surface area contributed by atoms with Gasteiger partial charge in [-0.15, -0.1) is 11.8 Å². The maximum absolute atomic E-state index is 3.52. The number of hydrogen-bond donors (Lipinski definition) is 0. The lowest BCUT2D eigenvalue weighted by Crippen LogP contribution is -2.26. The predicted octanol–water partition coefficient (Wildman–Crippen LogP) is 3.98. The van der Waals surface area contributed by atoms with Crippen molar-refractivity contribution in [2.24, 2.45) is 0 Å². The van der Waals surface area contributed by atoms with Crippen molar-refractivity contribution in [2.75, 3.05) is 13.1 Å². The maximum atomic E-state index is 3.52. The van der Waals surface area contributed by atoms with E-state index in [0.29, 0.717) is 5.37 Å². The number of rotatable bonds is 3. The molecule has 0 spiro atoms. The van der Waals surface area contributed by atoms with Crippen LogP contribution in [0, 0.1) is 0 Å². The van der Waals surface area contributed by atoms with Gasteiger partial charge in [0.25, 0.3) is 0 Å². The molecule has 2 rings (SSSR count). The van der Waals surface area contributed by atoms with Gasteiger partial charge < -0.3 is 0 Å². The summed E-state index contributed by atoms with van der Waals surface area (Å²) in [5, 5.41) is 0.685. The standard InChI is InChI=1S/C12H16BrNS/c1-2-14-8-4-7-12(14)15-11-6-3-5-10(13)9-11/h3,5-6,9,12H,2,4,7-8H2,1H3. The van der Waals surface area contributed by atoms with Gasteiger partial charge in [-0.2, -0.15) is 0 Å². The first-order valence-electron chi connectivity index (χ1n) is 5.46. The average Bonchev–Trinajstić information content (AvgIpc) is 2.65. The molecule has 0 radical (unpaired) electrons. The fraction of sp³-hybridized carbons (Fsp3) is 0.500. The van der Waals surface area contributed by atoms with Gasteiger partial charge in [0.2, 0.25) is 0 Å². The van der Waals surface area contributed by atoms with Gasteiger partial charge in [-0.1, -0.05) is 28.9 Å². The minimum absolute atomic E-state index is 0.685. The second kappa shape index (κ2) is 5.37. The molecule has 0 amide bonds. The van der Waals surface area contributed by atoms with Crippen LogP contribution in [0.5, 0.6) is 0 Å². The Kier molecular flexibility index (Phi) is 4.12. The Morgan fingerprint density at radius 2 is 2.40 bits per heavy atom. The second-order valence-electron chi connectivity index (χ2n) is 3.80. The third kappa shape index (κ3) is 2.99. The van der Waals surface area contributed by atoms with Gasteiger partial charge in [0.05, 0.1) is 5.37 Å². The molecule has 82 valence electrons. The Balaban J connectivity index is 2.02. The fourth-order valence-corrected chi connectivity index (χ4v) is 3.89. The molecule has 3 heteroatoms. The van der Waals surface area contributed by atoms with Crippen LogP contribution in [0.3, 0.4) is 0 Å². The summed E-state index contributed by atoms with van der Waals surface area (Å²) in [4.78, 5) is 3.93. The lowest BCUT2D eigenvalue weighted by Gasteiger charge is -2.21. The number of nitrogens with zero attached hydrogens (tertiary/aromatic N) is 1. The lowest BCUT2D eigenvalue weighted by atomic mass is 10.4. The Hall–Kier alpha value is 0.01000. The molecule has 15 heavy (non-hydrogen) atoms. The van der Waals surface area contributed by atoms with Crippen LogP contribution < -0.4 is 0 Å². The molecule has 0 aromatic heterocycles. The van der Waals surface area contributed by atoms with E-state index in [4.69, 9.17) is 0 Å². The van der Waals surface area contributed by atoms with Crippen molar-refractivity contribution >= 4 is 27.7 Å². The van der Waals surface area contributed by atoms with E-state index in [-0.39, 0.29) is 0 Å². The first-order valence-corrected chi connectivity index (χ1v) is 7.13. The van der Waals surface area contributed by atoms with Crippen LogP contribution in [0.15, 0.2) is 33.6 Å². The van der Waals surface area contributed by atoms with Gasteiger partial charge in [0, 0.05) is 9.37 Å². The molecule has 1 saturated heterocycles. The monoisotopic (exact) mass is 285 g/mol. The molecule has 1 heterocycles. The minimum atomic E-state index is 0.685. The summed E-state index contributed by atoms with van der Waals surface area (Å²) >= 11 is 5.51. The van der Waals surface area contributed by atoms with Crippen LogP contribution in [0.2, 0.25) is 0 Å². The topological polar surface area (TPSA) is 3.24 Å². The predicted molar refractivity (Wildman–Crippen MR) is 70.3 cm³/mol. The Morgan fingerprint density at radius 1 is 1.53 bits per heavy atom. The van der Waals surface area contributed by atoms with Crippen molar-refractivity contribution in [2.45, 2.75) is 30.0 Å². The number of hydrogen-bond acceptors (Lipinski definition) is 2. The fourth-order valence-electron chi connectivity index (χ4n) is 1.99. The Bertz CT molecular complexity index is 329. The smallest absolute Gasteiger partial charge is 0.0604 e. The van der Waals surface area contributed by atoms with E-state index >= 15 is 0 Å². The zero-order valence-corrected chi connectivity index (χ0v) is 11.4. The van der Waals surface area contributed by atoms with E-state index in [1.165, 1.54) is 35.3 Å². The highest BCUT2D eigenvalue weighted by Crippen LogP contribution is 2.33. The number of halogens is 1. The molecule has 1 aromatic carbocycles. The first-order chi connectivity index (χ1) is 7.29. The summed E-state index contributed by atoms with van der Waals surface area (Å²) in [6.07, 6.45) is 2.67. The van der Waals surface area contributed by atoms with Gasteiger partial charge in [0.15, 0.2) is 0 Å². The summed E-state index contributed by atoms with van der Waals surface area (Å²) in [5.74, 6) is 0. The first kappa shape index (κ1) is 11.5. The van der Waals surface area contributed by atoms with E-state index < -0.39 is 0 Å². The zero-order valence-electron chi connectivity index (χ0n) is 8.95. The van der Waals surface area contributed by atoms with Crippen LogP contribution in [-0.4, -0.2) is 23.4 Å². The van der Waals surface area contributed by atoms with E-state index in [9.17, 15) is 0 Å². The SMILES string of the molecule is CCN1CCCC1Sc1cccc(Br)c1. The van der Waals surface area contributed by atoms with Crippen molar-refractivity contribution in [1.82, 2.24) is 4.90 Å². The molecule has 0 saturated carbocycles. The lowest BCUT2D eigenvalue weighted by molar-refractivity contribution is 0.335. The Morgan fingerprint density at radius 3 is 3.13 bits per heavy atom. The third-order valence-electron chi connectivity index (χ3n) is 2.78. The molecule has 1 nitrogen and oxygen atoms in total. The zero-order chi connectivity index (χ0) is 10.7. The van der Waals surface area contributed by atoms with Gasteiger partial charge >= 0.3 is 0 Å². The molecule has 0 aliphatic carbocycles. The highest BCUT2D eigenvalue weighted by Gasteiger charge is 2.23. The highest BCUT2D eigenvalue weighted by atomic mass is 79.9. The van der Waals surface area contributed by atoms with Crippen molar-refractivity contribution in [3.8, 4) is 0 Å². The molecule has 1 aliphatic heterocycles. The van der Waals surface area contributed by atoms with Crippen molar-refractivity contribution in [3.05, 3.63) is 28.7 Å². The number of thioether (sulfide) groups is 1. The van der Waals surface area contributed by atoms with E-state index in [0.717, 1.165) is 0 Å². The van der Waals surface area contributed by atoms with E-state index in [2.05, 4.69) is 52.0 Å². The average molecular weight is 286 g/mol. The molecule has 1 atom stereocenters. The molecule has 1 fully saturated rings. The second-order valence-corrected chi connectivity index (χ2v) is 5.97. The van der Waals surface area contributed by atoms with Gasteiger partial charge in [-0.3, -0.25) is 4.90 Å². The highest BCUT2D eigenvalue weighted by molar-refractivity contribution is 9.10. The van der Waals surface area contributed by atoms with Gasteiger partial charge in [-0.25, -0.2) is 0 Å². The maximum Gasteiger partial charge on any atom is 0.0604 e. The number of benzene rings is 1. The Labute approximate surface area is 104 Å². The molecule has 1 unspecified atom stereocenters. The molecule has 0 N–H and O–H groups in total. The van der Waals surface area contributed by atoms with Gasteiger partial charge in [-0.05, 0) is 44.1 Å². The van der Waals surface area contributed by atoms with Crippen LogP contribution in [0.25, 0.3) is 0 Å². The normalized spacial score (nSPS) is 22.1. The van der Waals surface area contributed by atoms with Crippen molar-refractivity contribution in [3.63, 3.8) is 0 Å². The summed E-state index contributed by atoms with van der Waals surface area (Å²) in [7, 11) is 0. The van der Waals surface area contributed by atoms with Gasteiger partial charge in [0.1, 0.15) is 0 Å². The van der Waals surface area contributed by atoms with Crippen LogP contribution in [0.4, 0.5) is 0 Å². The summed E-state index contributed by atoms with van der Waals surface area (Å²) in [5.41, 5.74) is 0. The molecule has 0 bridgehead atoms. The molecular weight excluding hydrogens is 270 g/mol. The summed E-state index contributed by atoms with van der Waals surface area (Å²) < 4.78 is 1.17. The van der Waals surface area contributed by atoms with E-state index in [1.807, 2.05) is 11.8 Å². The molecule has 1 aromatic rings. The largest absolute Gasteiger partial charge is 0.291 e. The van der Waals surface area contributed by atoms with Crippen LogP contribution in [-0.2, 0) is 0 Å². The number of likely N-dealkylation sites (tertiary alicyclic amines) is 1. The third-order valence-corrected chi connectivity index (χ3v) is 4.60. The summed E-state index contributed by atoms with van der Waals surface area (Å²) in [6, 6.07) is 8.59.